The zero-order valence-corrected chi connectivity index (χ0v) is 20.3. The fourth-order valence-corrected chi connectivity index (χ4v) is 3.47. The second kappa shape index (κ2) is 9.39. The average molecular weight is 418 g/mol. The summed E-state index contributed by atoms with van der Waals surface area (Å²) in [6.45, 7) is 0. The van der Waals surface area contributed by atoms with E-state index >= 15 is 0 Å². The summed E-state index contributed by atoms with van der Waals surface area (Å²) in [7, 11) is 0. The fourth-order valence-electron chi connectivity index (χ4n) is 3.47. The Morgan fingerprint density at radius 2 is 0.967 bits per heavy atom. The summed E-state index contributed by atoms with van der Waals surface area (Å²) in [6.07, 6.45) is 0. The molecule has 0 radical (unpaired) electrons. The first-order chi connectivity index (χ1) is 13.4. The van der Waals surface area contributed by atoms with E-state index in [2.05, 4.69) is 0 Å². The number of carboxylic acids is 2. The number of carboxylic acid groups (broad SMARTS) is 2. The molecule has 4 aromatic rings. The Morgan fingerprint density at radius 3 is 1.30 bits per heavy atom. The Hall–Kier alpha value is -2.06. The molecule has 0 saturated heterocycles. The molecule has 0 heterocycles. The predicted molar refractivity (Wildman–Crippen MR) is 99.7 cm³/mol. The van der Waals surface area contributed by atoms with Crippen molar-refractivity contribution in [3.8, 4) is 22.6 Å². The van der Waals surface area contributed by atoms with Gasteiger partial charge in [0, 0.05) is 0 Å². The number of benzene rings is 4. The smallest absolute Gasteiger partial charge is 0.871 e. The van der Waals surface area contributed by atoms with Gasteiger partial charge in [0.2, 0.25) is 0 Å². The van der Waals surface area contributed by atoms with Crippen LogP contribution in [0.25, 0.3) is 32.7 Å². The second-order valence-electron chi connectivity index (χ2n) is 6.31. The third-order valence-electron chi connectivity index (χ3n) is 4.71. The van der Waals surface area contributed by atoms with E-state index < -0.39 is 34.6 Å². The molecule has 0 unspecified atom stereocenters. The molecule has 0 aromatic heterocycles. The van der Waals surface area contributed by atoms with Gasteiger partial charge in [-0.05, 0) is 44.8 Å². The van der Waals surface area contributed by atoms with E-state index in [9.17, 15) is 30.0 Å². The van der Waals surface area contributed by atoms with Crippen molar-refractivity contribution in [1.29, 1.82) is 0 Å². The van der Waals surface area contributed by atoms with Gasteiger partial charge in [-0.2, -0.15) is 0 Å². The standard InChI is InChI=1S/C22H14O6.2Na/c23-19-15(21(25)26)9-11-5-1-3-7-13(11)17(19)18-14-8-4-2-6-12(14)10-16(20(18)24)22(27)28;;/h1-10,23-24H,(H,25,26)(H,27,28);;/q;2*+1/p-2. The summed E-state index contributed by atoms with van der Waals surface area (Å²) in [5.74, 6) is -4.47. The number of carbonyl (C=O) groups is 2. The van der Waals surface area contributed by atoms with Crippen LogP contribution in [0, 0.1) is 0 Å². The molecule has 0 aliphatic heterocycles. The molecule has 0 amide bonds. The van der Waals surface area contributed by atoms with Crippen LogP contribution in [0.1, 0.15) is 20.7 Å². The summed E-state index contributed by atoms with van der Waals surface area (Å²) in [6, 6.07) is 15.7. The normalized spacial score (nSPS) is 10.3. The zero-order chi connectivity index (χ0) is 20.0. The molecule has 0 atom stereocenters. The Balaban J connectivity index is 0.00000160. The number of fused-ring (bicyclic) bond motifs is 2. The Labute approximate surface area is 215 Å². The van der Waals surface area contributed by atoms with Crippen molar-refractivity contribution < 1.29 is 89.1 Å². The van der Waals surface area contributed by atoms with Crippen molar-refractivity contribution in [3.05, 3.63) is 71.8 Å². The Morgan fingerprint density at radius 1 is 0.633 bits per heavy atom. The van der Waals surface area contributed by atoms with Crippen LogP contribution >= 0.6 is 0 Å². The number of rotatable bonds is 3. The summed E-state index contributed by atoms with van der Waals surface area (Å²) in [5, 5.41) is 46.7. The van der Waals surface area contributed by atoms with E-state index in [0.29, 0.717) is 21.5 Å². The van der Waals surface area contributed by atoms with Gasteiger partial charge in [-0.3, -0.25) is 0 Å². The van der Waals surface area contributed by atoms with Gasteiger partial charge in [-0.1, -0.05) is 60.0 Å². The molecule has 4 rings (SSSR count). The molecule has 4 aromatic carbocycles. The molecule has 2 N–H and O–H groups in total. The van der Waals surface area contributed by atoms with Crippen molar-refractivity contribution in [2.45, 2.75) is 0 Å². The molecule has 6 nitrogen and oxygen atoms in total. The van der Waals surface area contributed by atoms with Crippen molar-refractivity contribution in [3.63, 3.8) is 0 Å². The zero-order valence-electron chi connectivity index (χ0n) is 16.3. The first kappa shape index (κ1) is 24.2. The Kier molecular flexibility index (Phi) is 7.58. The number of aromatic carboxylic acids is 2. The summed E-state index contributed by atoms with van der Waals surface area (Å²) in [5.41, 5.74) is -1.14. The van der Waals surface area contributed by atoms with Gasteiger partial charge in [0.15, 0.2) is 0 Å². The largest absolute Gasteiger partial charge is 1.00 e. The van der Waals surface area contributed by atoms with Gasteiger partial charge in [0.05, 0.1) is 11.1 Å². The van der Waals surface area contributed by atoms with Crippen LogP contribution in [0.2, 0.25) is 0 Å². The van der Waals surface area contributed by atoms with E-state index in [-0.39, 0.29) is 70.2 Å². The van der Waals surface area contributed by atoms with Gasteiger partial charge in [0.1, 0.15) is 0 Å². The van der Waals surface area contributed by atoms with E-state index in [0.717, 1.165) is 0 Å². The van der Waals surface area contributed by atoms with Gasteiger partial charge in [-0.15, -0.1) is 0 Å². The molecule has 8 heteroatoms. The third kappa shape index (κ3) is 3.95. The van der Waals surface area contributed by atoms with Gasteiger partial charge in [0.25, 0.3) is 0 Å². The van der Waals surface area contributed by atoms with Crippen LogP contribution in [0.15, 0.2) is 60.7 Å². The van der Waals surface area contributed by atoms with E-state index in [1.807, 2.05) is 0 Å². The number of hydrogen-bond donors (Lipinski definition) is 2. The maximum atomic E-state index is 13.0. The molecule has 0 aliphatic carbocycles. The van der Waals surface area contributed by atoms with Crippen LogP contribution in [0.5, 0.6) is 11.5 Å². The van der Waals surface area contributed by atoms with Crippen LogP contribution in [0.3, 0.4) is 0 Å². The van der Waals surface area contributed by atoms with Crippen molar-refractivity contribution >= 4 is 33.5 Å². The van der Waals surface area contributed by atoms with E-state index in [1.165, 1.54) is 12.1 Å². The molecule has 0 bridgehead atoms. The van der Waals surface area contributed by atoms with E-state index in [1.54, 1.807) is 48.5 Å². The summed E-state index contributed by atoms with van der Waals surface area (Å²) >= 11 is 0. The van der Waals surface area contributed by atoms with Crippen LogP contribution in [-0.4, -0.2) is 22.2 Å². The topological polar surface area (TPSA) is 121 Å². The molecule has 138 valence electrons. The maximum absolute atomic E-state index is 13.0. The minimum Gasteiger partial charge on any atom is -0.871 e. The first-order valence-electron chi connectivity index (χ1n) is 8.32. The molecular weight excluding hydrogens is 406 g/mol. The van der Waals surface area contributed by atoms with Crippen LogP contribution < -0.4 is 69.3 Å². The number of hydrogen-bond acceptors (Lipinski definition) is 4. The molecular formula is C22H12Na2O6. The van der Waals surface area contributed by atoms with Crippen LogP contribution in [-0.2, 0) is 0 Å². The maximum Gasteiger partial charge on any atom is 1.00 e. The second-order valence-corrected chi connectivity index (χ2v) is 6.31. The summed E-state index contributed by atoms with van der Waals surface area (Å²) < 4.78 is 0. The quantitative estimate of drug-likeness (QED) is 0.347. The van der Waals surface area contributed by atoms with E-state index in [4.69, 9.17) is 0 Å². The minimum absolute atomic E-state index is 0. The third-order valence-corrected chi connectivity index (χ3v) is 4.71. The monoisotopic (exact) mass is 418 g/mol. The fraction of sp³-hybridized carbons (Fsp3) is 0. The average Bonchev–Trinajstić information content (AvgIpc) is 2.67. The molecule has 0 fully saturated rings. The summed E-state index contributed by atoms with van der Waals surface area (Å²) in [4.78, 5) is 23.2. The first-order valence-corrected chi connectivity index (χ1v) is 8.32. The minimum atomic E-state index is -1.41. The Bertz CT molecular complexity index is 1200. The van der Waals surface area contributed by atoms with Crippen LogP contribution in [0.4, 0.5) is 0 Å². The molecule has 30 heavy (non-hydrogen) atoms. The van der Waals surface area contributed by atoms with Gasteiger partial charge >= 0.3 is 71.1 Å². The van der Waals surface area contributed by atoms with Crippen molar-refractivity contribution in [2.24, 2.45) is 0 Å². The van der Waals surface area contributed by atoms with Crippen molar-refractivity contribution in [1.82, 2.24) is 0 Å². The SMILES string of the molecule is O=C(O)c1cc2ccccc2c(-c2c([O-])c(C(=O)O)cc3ccccc23)c1[O-].[Na+].[Na+]. The van der Waals surface area contributed by atoms with Gasteiger partial charge < -0.3 is 20.4 Å². The molecule has 0 spiro atoms. The molecule has 0 aliphatic rings. The predicted octanol–water partition coefficient (Wildman–Crippen LogP) is -2.79. The van der Waals surface area contributed by atoms with Gasteiger partial charge in [-0.25, -0.2) is 9.59 Å². The van der Waals surface area contributed by atoms with Crippen molar-refractivity contribution in [2.75, 3.05) is 0 Å². The molecule has 0 saturated carbocycles.